The van der Waals surface area contributed by atoms with Crippen LogP contribution in [0.5, 0.6) is 5.75 Å². The van der Waals surface area contributed by atoms with Crippen LogP contribution in [0.1, 0.15) is 5.56 Å². The largest absolute Gasteiger partial charge is 0.492 e. The summed E-state index contributed by atoms with van der Waals surface area (Å²) in [5.41, 5.74) is 0.634. The van der Waals surface area contributed by atoms with Gasteiger partial charge in [-0.25, -0.2) is 4.39 Å². The molecule has 0 spiro atoms. The predicted molar refractivity (Wildman–Crippen MR) is 50.8 cm³/mol. The van der Waals surface area contributed by atoms with Crippen LogP contribution in [0, 0.1) is 5.82 Å². The number of rotatable bonds is 0. The van der Waals surface area contributed by atoms with E-state index in [9.17, 15) is 4.39 Å². The summed E-state index contributed by atoms with van der Waals surface area (Å²) in [6.07, 6.45) is 0. The molecule has 1 N–H and O–H groups in total. The van der Waals surface area contributed by atoms with Crippen molar-refractivity contribution < 1.29 is 9.13 Å². The molecule has 0 aromatic heterocycles. The fourth-order valence-electron chi connectivity index (χ4n) is 1.29. The quantitative estimate of drug-likeness (QED) is 0.694. The van der Waals surface area contributed by atoms with Gasteiger partial charge in [0.05, 0.1) is 0 Å². The maximum atomic E-state index is 13.1. The zero-order chi connectivity index (χ0) is 8.39. The van der Waals surface area contributed by atoms with Crippen LogP contribution in [0.3, 0.4) is 0 Å². The molecule has 1 aliphatic rings. The minimum atomic E-state index is -0.193. The van der Waals surface area contributed by atoms with Crippen molar-refractivity contribution in [3.63, 3.8) is 0 Å². The molecule has 0 saturated carbocycles. The Labute approximate surface area is 82.5 Å². The first-order chi connectivity index (χ1) is 5.88. The minimum absolute atomic E-state index is 0. The van der Waals surface area contributed by atoms with E-state index in [0.29, 0.717) is 24.5 Å². The van der Waals surface area contributed by atoms with Gasteiger partial charge in [0.2, 0.25) is 0 Å². The molecule has 1 aromatic rings. The summed E-state index contributed by atoms with van der Waals surface area (Å²) in [5, 5.41) is 3.08. The Morgan fingerprint density at radius 3 is 3.08 bits per heavy atom. The molecule has 1 aliphatic heterocycles. The molecule has 1 heterocycles. The number of halogens is 2. The molecule has 0 bridgehead atoms. The second-order valence-electron chi connectivity index (χ2n) is 2.74. The number of fused-ring (bicyclic) bond motifs is 1. The van der Waals surface area contributed by atoms with E-state index in [1.165, 1.54) is 6.07 Å². The maximum absolute atomic E-state index is 13.1. The molecule has 0 fully saturated rings. The molecule has 1 aromatic carbocycles. The van der Waals surface area contributed by atoms with Crippen molar-refractivity contribution in [1.29, 1.82) is 0 Å². The van der Waals surface area contributed by atoms with Crippen molar-refractivity contribution >= 4 is 12.4 Å². The van der Waals surface area contributed by atoms with E-state index in [0.717, 1.165) is 6.54 Å². The number of hydrogen-bond donors (Lipinski definition) is 1. The lowest BCUT2D eigenvalue weighted by molar-refractivity contribution is 0.325. The van der Waals surface area contributed by atoms with Crippen LogP contribution in [-0.2, 0) is 6.54 Å². The number of ether oxygens (including phenoxy) is 1. The Kier molecular flexibility index (Phi) is 3.51. The molecule has 72 valence electrons. The molecule has 0 unspecified atom stereocenters. The summed E-state index contributed by atoms with van der Waals surface area (Å²) in [4.78, 5) is 0. The van der Waals surface area contributed by atoms with Crippen molar-refractivity contribution in [1.82, 2.24) is 5.32 Å². The van der Waals surface area contributed by atoms with Crippen molar-refractivity contribution in [2.24, 2.45) is 0 Å². The first-order valence-electron chi connectivity index (χ1n) is 3.99. The van der Waals surface area contributed by atoms with Crippen LogP contribution in [0.2, 0.25) is 0 Å². The highest BCUT2D eigenvalue weighted by Crippen LogP contribution is 2.22. The van der Waals surface area contributed by atoms with Crippen LogP contribution in [0.15, 0.2) is 18.2 Å². The summed E-state index contributed by atoms with van der Waals surface area (Å²) in [5.74, 6) is 0.474. The minimum Gasteiger partial charge on any atom is -0.492 e. The molecule has 4 heteroatoms. The Hall–Kier alpha value is -0.800. The molecule has 0 radical (unpaired) electrons. The van der Waals surface area contributed by atoms with E-state index >= 15 is 0 Å². The number of nitrogens with one attached hydrogen (secondary N) is 1. The lowest BCUT2D eigenvalue weighted by atomic mass is 10.2. The van der Waals surface area contributed by atoms with Crippen LogP contribution in [0.4, 0.5) is 4.39 Å². The molecule has 0 amide bonds. The molecule has 0 saturated heterocycles. The summed E-state index contributed by atoms with van der Waals surface area (Å²) >= 11 is 0. The zero-order valence-corrected chi connectivity index (χ0v) is 7.86. The normalized spacial score (nSPS) is 14.8. The first kappa shape index (κ1) is 10.3. The fourth-order valence-corrected chi connectivity index (χ4v) is 1.29. The average Bonchev–Trinajstić information content (AvgIpc) is 2.30. The fraction of sp³-hybridized carbons (Fsp3) is 0.333. The van der Waals surface area contributed by atoms with Gasteiger partial charge in [-0.15, -0.1) is 12.4 Å². The lowest BCUT2D eigenvalue weighted by Gasteiger charge is -2.05. The second kappa shape index (κ2) is 4.44. The summed E-state index contributed by atoms with van der Waals surface area (Å²) in [6.45, 7) is 1.94. The van der Waals surface area contributed by atoms with Gasteiger partial charge < -0.3 is 10.1 Å². The van der Waals surface area contributed by atoms with Crippen LogP contribution in [-0.4, -0.2) is 13.2 Å². The Morgan fingerprint density at radius 1 is 1.38 bits per heavy atom. The van der Waals surface area contributed by atoms with Gasteiger partial charge in [0.25, 0.3) is 0 Å². The SMILES string of the molecule is Cl.Fc1cccc2c1CNCCO2. The Morgan fingerprint density at radius 2 is 2.23 bits per heavy atom. The Bertz CT molecular complexity index is 293. The molecule has 0 aliphatic carbocycles. The van der Waals surface area contributed by atoms with Gasteiger partial charge >= 0.3 is 0 Å². The monoisotopic (exact) mass is 203 g/mol. The summed E-state index contributed by atoms with van der Waals surface area (Å²) in [6, 6.07) is 4.92. The molecule has 13 heavy (non-hydrogen) atoms. The standard InChI is InChI=1S/C9H10FNO.ClH/c10-8-2-1-3-9-7(8)6-11-4-5-12-9;/h1-3,11H,4-6H2;1H. The molecular formula is C9H11ClFNO. The number of hydrogen-bond acceptors (Lipinski definition) is 2. The third-order valence-corrected chi connectivity index (χ3v) is 1.91. The van der Waals surface area contributed by atoms with Crippen molar-refractivity contribution in [2.45, 2.75) is 6.54 Å². The van der Waals surface area contributed by atoms with Gasteiger partial charge in [-0.1, -0.05) is 6.07 Å². The van der Waals surface area contributed by atoms with E-state index in [2.05, 4.69) is 5.32 Å². The first-order valence-corrected chi connectivity index (χ1v) is 3.99. The molecule has 0 atom stereocenters. The smallest absolute Gasteiger partial charge is 0.131 e. The van der Waals surface area contributed by atoms with Gasteiger partial charge in [-0.05, 0) is 12.1 Å². The van der Waals surface area contributed by atoms with E-state index in [1.54, 1.807) is 12.1 Å². The van der Waals surface area contributed by atoms with E-state index in [1.807, 2.05) is 0 Å². The van der Waals surface area contributed by atoms with Gasteiger partial charge in [0.15, 0.2) is 0 Å². The third-order valence-electron chi connectivity index (χ3n) is 1.91. The van der Waals surface area contributed by atoms with E-state index in [-0.39, 0.29) is 18.2 Å². The van der Waals surface area contributed by atoms with Gasteiger partial charge in [-0.3, -0.25) is 0 Å². The second-order valence-corrected chi connectivity index (χ2v) is 2.74. The van der Waals surface area contributed by atoms with Crippen LogP contribution < -0.4 is 10.1 Å². The third kappa shape index (κ3) is 2.11. The highest BCUT2D eigenvalue weighted by atomic mass is 35.5. The molecule has 2 nitrogen and oxygen atoms in total. The average molecular weight is 204 g/mol. The van der Waals surface area contributed by atoms with E-state index < -0.39 is 0 Å². The topological polar surface area (TPSA) is 21.3 Å². The molecule has 2 rings (SSSR count). The highest BCUT2D eigenvalue weighted by molar-refractivity contribution is 5.85. The predicted octanol–water partition coefficient (Wildman–Crippen LogP) is 1.73. The zero-order valence-electron chi connectivity index (χ0n) is 7.05. The van der Waals surface area contributed by atoms with Crippen LogP contribution >= 0.6 is 12.4 Å². The highest BCUT2D eigenvalue weighted by Gasteiger charge is 2.11. The van der Waals surface area contributed by atoms with E-state index in [4.69, 9.17) is 4.74 Å². The maximum Gasteiger partial charge on any atom is 0.131 e. The molecular weight excluding hydrogens is 193 g/mol. The Balaban J connectivity index is 0.000000845. The summed E-state index contributed by atoms with van der Waals surface area (Å²) in [7, 11) is 0. The summed E-state index contributed by atoms with van der Waals surface area (Å²) < 4.78 is 18.5. The van der Waals surface area contributed by atoms with Gasteiger partial charge in [-0.2, -0.15) is 0 Å². The van der Waals surface area contributed by atoms with Gasteiger partial charge in [0.1, 0.15) is 18.2 Å². The van der Waals surface area contributed by atoms with Crippen molar-refractivity contribution in [3.05, 3.63) is 29.6 Å². The van der Waals surface area contributed by atoms with Gasteiger partial charge in [0, 0.05) is 18.7 Å². The van der Waals surface area contributed by atoms with Crippen molar-refractivity contribution in [3.8, 4) is 5.75 Å². The van der Waals surface area contributed by atoms with Crippen molar-refractivity contribution in [2.75, 3.05) is 13.2 Å². The lowest BCUT2D eigenvalue weighted by Crippen LogP contribution is -2.16. The number of benzene rings is 1. The van der Waals surface area contributed by atoms with Crippen LogP contribution in [0.25, 0.3) is 0 Å².